The van der Waals surface area contributed by atoms with Crippen LogP contribution >= 0.6 is 34.9 Å². The van der Waals surface area contributed by atoms with Crippen LogP contribution in [-0.4, -0.2) is 47.1 Å². The lowest BCUT2D eigenvalue weighted by Crippen LogP contribution is -2.35. The zero-order valence-electron chi connectivity index (χ0n) is 11.6. The molecule has 2 amide bonds. The van der Waals surface area contributed by atoms with E-state index in [0.717, 1.165) is 14.4 Å². The van der Waals surface area contributed by atoms with Crippen LogP contribution in [0.25, 0.3) is 0 Å². The van der Waals surface area contributed by atoms with Crippen molar-refractivity contribution in [3.8, 4) is 0 Å². The van der Waals surface area contributed by atoms with Crippen molar-refractivity contribution in [2.45, 2.75) is 22.5 Å². The van der Waals surface area contributed by atoms with Gasteiger partial charge in [0.05, 0.1) is 12.3 Å². The third-order valence-electron chi connectivity index (χ3n) is 1.98. The molecule has 0 aliphatic rings. The van der Waals surface area contributed by atoms with E-state index in [1.54, 1.807) is 11.8 Å². The molecular weight excluding hydrogens is 316 g/mol. The summed E-state index contributed by atoms with van der Waals surface area (Å²) in [7, 11) is 1.53. The first-order chi connectivity index (χ1) is 9.51. The second-order valence-electron chi connectivity index (χ2n) is 4.28. The minimum Gasteiger partial charge on any atom is -0.358 e. The van der Waals surface area contributed by atoms with Gasteiger partial charge in [0.2, 0.25) is 11.8 Å². The average molecular weight is 334 g/mol. The van der Waals surface area contributed by atoms with Crippen molar-refractivity contribution in [2.24, 2.45) is 5.92 Å². The molecule has 0 fully saturated rings. The van der Waals surface area contributed by atoms with Crippen LogP contribution in [-0.2, 0) is 9.59 Å². The van der Waals surface area contributed by atoms with E-state index in [1.807, 2.05) is 0 Å². The number of thioether (sulfide) groups is 2. The molecule has 1 aromatic heterocycles. The number of hydrogen-bond donors (Lipinski definition) is 2. The highest BCUT2D eigenvalue weighted by Crippen LogP contribution is 2.29. The number of hydrogen-bond acceptors (Lipinski definition) is 7. The van der Waals surface area contributed by atoms with Crippen LogP contribution < -0.4 is 10.6 Å². The fourth-order valence-corrected chi connectivity index (χ4v) is 3.82. The molecule has 1 heterocycles. The summed E-state index contributed by atoms with van der Waals surface area (Å²) >= 11 is 4.50. The maximum absolute atomic E-state index is 11.5. The maximum atomic E-state index is 11.5. The Morgan fingerprint density at radius 2 is 1.85 bits per heavy atom. The normalized spacial score (nSPS) is 10.6. The van der Waals surface area contributed by atoms with E-state index in [4.69, 9.17) is 0 Å². The molecule has 1 rings (SSSR count). The van der Waals surface area contributed by atoms with E-state index in [-0.39, 0.29) is 24.1 Å². The summed E-state index contributed by atoms with van der Waals surface area (Å²) in [6.45, 7) is 4.31. The van der Waals surface area contributed by atoms with Gasteiger partial charge in [-0.25, -0.2) is 0 Å². The Labute approximate surface area is 130 Å². The number of nitrogens with one attached hydrogen (secondary N) is 2. The van der Waals surface area contributed by atoms with Gasteiger partial charge in [0, 0.05) is 12.8 Å². The number of aromatic nitrogens is 2. The van der Waals surface area contributed by atoms with Gasteiger partial charge in [-0.15, -0.1) is 10.2 Å². The molecule has 0 saturated heterocycles. The molecule has 0 atom stereocenters. The quantitative estimate of drug-likeness (QED) is 0.696. The highest BCUT2D eigenvalue weighted by Gasteiger charge is 2.09. The molecule has 6 nitrogen and oxygen atoms in total. The summed E-state index contributed by atoms with van der Waals surface area (Å²) in [4.78, 5) is 22.5. The zero-order valence-corrected chi connectivity index (χ0v) is 14.1. The third kappa shape index (κ3) is 7.11. The number of carbonyl (C=O) groups is 2. The monoisotopic (exact) mass is 334 g/mol. The van der Waals surface area contributed by atoms with Gasteiger partial charge in [0.1, 0.15) is 0 Å². The Hall–Kier alpha value is -0.800. The van der Waals surface area contributed by atoms with E-state index < -0.39 is 0 Å². The van der Waals surface area contributed by atoms with Crippen LogP contribution in [0.3, 0.4) is 0 Å². The fraction of sp³-hybridized carbons (Fsp3) is 0.636. The molecule has 0 radical (unpaired) electrons. The van der Waals surface area contributed by atoms with E-state index in [1.165, 1.54) is 30.1 Å². The number of nitrogens with zero attached hydrogens (tertiary/aromatic N) is 2. The summed E-state index contributed by atoms with van der Waals surface area (Å²) in [6, 6.07) is 0. The van der Waals surface area contributed by atoms with Gasteiger partial charge in [-0.3, -0.25) is 9.59 Å². The number of rotatable bonds is 8. The molecule has 0 aromatic carbocycles. The van der Waals surface area contributed by atoms with Crippen LogP contribution in [0.2, 0.25) is 0 Å². The summed E-state index contributed by atoms with van der Waals surface area (Å²) in [5, 5.41) is 13.1. The predicted molar refractivity (Wildman–Crippen MR) is 83.3 cm³/mol. The Balaban J connectivity index is 2.27. The largest absolute Gasteiger partial charge is 0.358 e. The van der Waals surface area contributed by atoms with E-state index in [2.05, 4.69) is 34.7 Å². The first kappa shape index (κ1) is 17.3. The topological polar surface area (TPSA) is 84.0 Å². The van der Waals surface area contributed by atoms with Crippen LogP contribution in [0.1, 0.15) is 13.8 Å². The molecule has 20 heavy (non-hydrogen) atoms. The van der Waals surface area contributed by atoms with Crippen LogP contribution in [0.15, 0.2) is 8.68 Å². The maximum Gasteiger partial charge on any atom is 0.239 e. The van der Waals surface area contributed by atoms with Crippen molar-refractivity contribution >= 4 is 46.7 Å². The fourth-order valence-electron chi connectivity index (χ4n) is 0.997. The minimum absolute atomic E-state index is 0.00149. The second-order valence-corrected chi connectivity index (χ2v) is 7.74. The molecule has 0 aliphatic heterocycles. The Morgan fingerprint density at radius 3 is 2.45 bits per heavy atom. The van der Waals surface area contributed by atoms with E-state index >= 15 is 0 Å². The molecule has 0 bridgehead atoms. The van der Waals surface area contributed by atoms with Crippen LogP contribution in [0, 0.1) is 5.92 Å². The number of carbonyl (C=O) groups excluding carboxylic acids is 2. The van der Waals surface area contributed by atoms with E-state index in [9.17, 15) is 9.59 Å². The number of likely N-dealkylation sites (N-methyl/N-ethyl adjacent to an activating group) is 1. The van der Waals surface area contributed by atoms with Gasteiger partial charge in [0.25, 0.3) is 0 Å². The highest BCUT2D eigenvalue weighted by atomic mass is 32.2. The van der Waals surface area contributed by atoms with Crippen molar-refractivity contribution < 1.29 is 9.59 Å². The van der Waals surface area contributed by atoms with Crippen molar-refractivity contribution in [1.82, 2.24) is 20.8 Å². The molecule has 0 aliphatic carbocycles. The van der Waals surface area contributed by atoms with Crippen LogP contribution in [0.5, 0.6) is 0 Å². The van der Waals surface area contributed by atoms with Gasteiger partial charge in [0.15, 0.2) is 8.68 Å². The van der Waals surface area contributed by atoms with E-state index in [0.29, 0.717) is 5.92 Å². The summed E-state index contributed by atoms with van der Waals surface area (Å²) < 4.78 is 1.69. The SMILES string of the molecule is CNC(=O)CNC(=O)CSc1nnc(SCC(C)C)s1. The summed E-state index contributed by atoms with van der Waals surface area (Å²) in [5.41, 5.74) is 0. The first-order valence-corrected chi connectivity index (χ1v) is 8.86. The van der Waals surface area contributed by atoms with Gasteiger partial charge < -0.3 is 10.6 Å². The van der Waals surface area contributed by atoms with Gasteiger partial charge in [-0.1, -0.05) is 48.7 Å². The van der Waals surface area contributed by atoms with Crippen molar-refractivity contribution in [2.75, 3.05) is 25.1 Å². The molecule has 1 aromatic rings. The zero-order chi connectivity index (χ0) is 15.0. The van der Waals surface area contributed by atoms with Crippen LogP contribution in [0.4, 0.5) is 0 Å². The molecule has 0 saturated carbocycles. The highest BCUT2D eigenvalue weighted by molar-refractivity contribution is 8.03. The lowest BCUT2D eigenvalue weighted by atomic mass is 10.3. The summed E-state index contributed by atoms with van der Waals surface area (Å²) in [5.74, 6) is 1.44. The Morgan fingerprint density at radius 1 is 1.20 bits per heavy atom. The lowest BCUT2D eigenvalue weighted by Gasteiger charge is -2.02. The van der Waals surface area contributed by atoms with Crippen molar-refractivity contribution in [3.63, 3.8) is 0 Å². The van der Waals surface area contributed by atoms with Gasteiger partial charge in [-0.2, -0.15) is 0 Å². The van der Waals surface area contributed by atoms with Crippen molar-refractivity contribution in [1.29, 1.82) is 0 Å². The minimum atomic E-state index is -0.216. The average Bonchev–Trinajstić information content (AvgIpc) is 2.88. The second kappa shape index (κ2) is 9.19. The molecule has 0 spiro atoms. The number of amides is 2. The molecular formula is C11H18N4O2S3. The molecule has 112 valence electrons. The first-order valence-electron chi connectivity index (χ1n) is 6.07. The molecule has 9 heteroatoms. The lowest BCUT2D eigenvalue weighted by molar-refractivity contribution is -0.124. The summed E-state index contributed by atoms with van der Waals surface area (Å²) in [6.07, 6.45) is 0. The van der Waals surface area contributed by atoms with Crippen molar-refractivity contribution in [3.05, 3.63) is 0 Å². The molecule has 0 unspecified atom stereocenters. The van der Waals surface area contributed by atoms with Gasteiger partial charge >= 0.3 is 0 Å². The standard InChI is InChI=1S/C11H18N4O2S3/c1-7(2)5-18-10-14-15-11(20-10)19-6-9(17)13-4-8(16)12-3/h7H,4-6H2,1-3H3,(H,12,16)(H,13,17). The Kier molecular flexibility index (Phi) is 7.93. The Bertz CT molecular complexity index is 451. The van der Waals surface area contributed by atoms with Gasteiger partial charge in [-0.05, 0) is 5.92 Å². The smallest absolute Gasteiger partial charge is 0.239 e. The molecule has 2 N–H and O–H groups in total. The third-order valence-corrected chi connectivity index (χ3v) is 5.60. The predicted octanol–water partition coefficient (Wildman–Crippen LogP) is 1.24.